The number of ether oxygens (including phenoxy) is 2. The summed E-state index contributed by atoms with van der Waals surface area (Å²) in [5, 5.41) is 2.93. The molecule has 30 heavy (non-hydrogen) atoms. The van der Waals surface area contributed by atoms with E-state index < -0.39 is 28.5 Å². The number of sulfonamides is 1. The molecule has 1 amide bonds. The second kappa shape index (κ2) is 9.27. The van der Waals surface area contributed by atoms with Crippen LogP contribution in [-0.2, 0) is 19.6 Å². The van der Waals surface area contributed by atoms with Crippen LogP contribution in [0.15, 0.2) is 53.4 Å². The molecular weight excluding hydrogens is 408 g/mol. The fourth-order valence-corrected chi connectivity index (χ4v) is 3.76. The molecule has 0 bridgehead atoms. The van der Waals surface area contributed by atoms with Crippen molar-refractivity contribution in [1.82, 2.24) is 10.0 Å². The Labute approximate surface area is 175 Å². The first-order chi connectivity index (χ1) is 14.3. The molecule has 2 aromatic rings. The Balaban J connectivity index is 1.57. The normalized spacial score (nSPS) is 14.6. The smallest absolute Gasteiger partial charge is 0.338 e. The molecule has 1 atom stereocenters. The average molecular weight is 432 g/mol. The van der Waals surface area contributed by atoms with E-state index >= 15 is 0 Å². The Kier molecular flexibility index (Phi) is 6.73. The Morgan fingerprint density at radius 3 is 2.23 bits per heavy atom. The highest BCUT2D eigenvalue weighted by Gasteiger charge is 2.33. The maximum absolute atomic E-state index is 12.3. The van der Waals surface area contributed by atoms with E-state index in [-0.39, 0.29) is 16.5 Å². The van der Waals surface area contributed by atoms with Gasteiger partial charge in [0.2, 0.25) is 10.0 Å². The van der Waals surface area contributed by atoms with Crippen molar-refractivity contribution in [3.05, 3.63) is 59.7 Å². The second-order valence-electron chi connectivity index (χ2n) is 6.96. The van der Waals surface area contributed by atoms with Crippen molar-refractivity contribution < 1.29 is 27.5 Å². The lowest BCUT2D eigenvalue weighted by molar-refractivity contribution is -0.125. The van der Waals surface area contributed by atoms with E-state index in [0.717, 1.165) is 24.2 Å². The van der Waals surface area contributed by atoms with Gasteiger partial charge in [-0.25, -0.2) is 17.9 Å². The van der Waals surface area contributed by atoms with E-state index in [1.165, 1.54) is 31.3 Å². The van der Waals surface area contributed by atoms with E-state index in [2.05, 4.69) is 10.0 Å². The highest BCUT2D eigenvalue weighted by Crippen LogP contribution is 2.41. The van der Waals surface area contributed by atoms with Crippen molar-refractivity contribution >= 4 is 21.9 Å². The Hall–Kier alpha value is -2.91. The molecule has 3 rings (SSSR count). The van der Waals surface area contributed by atoms with Gasteiger partial charge in [-0.1, -0.05) is 12.1 Å². The maximum atomic E-state index is 12.3. The number of nitrogens with one attached hydrogen (secondary N) is 2. The second-order valence-corrected chi connectivity index (χ2v) is 8.85. The summed E-state index contributed by atoms with van der Waals surface area (Å²) >= 11 is 0. The summed E-state index contributed by atoms with van der Waals surface area (Å²) < 4.78 is 35.9. The first-order valence-electron chi connectivity index (χ1n) is 9.48. The highest BCUT2D eigenvalue weighted by molar-refractivity contribution is 7.89. The number of hydrogen-bond donors (Lipinski definition) is 2. The van der Waals surface area contributed by atoms with Crippen LogP contribution in [0, 0.1) is 5.92 Å². The molecule has 0 spiro atoms. The molecule has 0 aromatic heterocycles. The number of esters is 1. The Morgan fingerprint density at radius 1 is 1.07 bits per heavy atom. The molecule has 2 aromatic carbocycles. The van der Waals surface area contributed by atoms with Crippen molar-refractivity contribution in [2.24, 2.45) is 5.92 Å². The highest BCUT2D eigenvalue weighted by atomic mass is 32.2. The molecule has 1 saturated carbocycles. The number of amides is 1. The summed E-state index contributed by atoms with van der Waals surface area (Å²) in [5.41, 5.74) is 1.13. The number of carbonyl (C=O) groups excluding carboxylic acids is 2. The van der Waals surface area contributed by atoms with Crippen LogP contribution in [0.25, 0.3) is 0 Å². The minimum atomic E-state index is -3.59. The molecule has 0 aliphatic heterocycles. The lowest BCUT2D eigenvalue weighted by Gasteiger charge is -2.19. The van der Waals surface area contributed by atoms with Gasteiger partial charge in [0.25, 0.3) is 5.91 Å². The molecule has 2 N–H and O–H groups in total. The summed E-state index contributed by atoms with van der Waals surface area (Å²) in [6, 6.07) is 12.6. The van der Waals surface area contributed by atoms with Gasteiger partial charge in [0.1, 0.15) is 5.75 Å². The van der Waals surface area contributed by atoms with Gasteiger partial charge in [-0.3, -0.25) is 4.79 Å². The van der Waals surface area contributed by atoms with E-state index in [9.17, 15) is 18.0 Å². The minimum Gasteiger partial charge on any atom is -0.497 e. The first kappa shape index (κ1) is 21.8. The van der Waals surface area contributed by atoms with Gasteiger partial charge in [-0.15, -0.1) is 0 Å². The predicted octanol–water partition coefficient (Wildman–Crippen LogP) is 2.03. The van der Waals surface area contributed by atoms with Crippen LogP contribution >= 0.6 is 0 Å². The Morgan fingerprint density at radius 2 is 1.70 bits per heavy atom. The maximum Gasteiger partial charge on any atom is 0.338 e. The molecular formula is C21H24N2O6S. The van der Waals surface area contributed by atoms with Crippen molar-refractivity contribution in [2.45, 2.75) is 23.8 Å². The number of hydrogen-bond acceptors (Lipinski definition) is 6. The van der Waals surface area contributed by atoms with Crippen LogP contribution in [-0.4, -0.2) is 41.1 Å². The minimum absolute atomic E-state index is 0.0334. The number of carbonyl (C=O) groups is 2. The van der Waals surface area contributed by atoms with Gasteiger partial charge in [-0.05, 0) is 67.8 Å². The molecule has 1 aliphatic carbocycles. The van der Waals surface area contributed by atoms with Gasteiger partial charge in [0.05, 0.1) is 23.6 Å². The SMILES string of the molecule is CNS(=O)(=O)c1ccc(C(=O)OCC(=O)NC(c2ccc(OC)cc2)C2CC2)cc1. The summed E-state index contributed by atoms with van der Waals surface area (Å²) in [6.45, 7) is -0.422. The number of rotatable bonds is 9. The first-order valence-corrected chi connectivity index (χ1v) is 11.0. The molecule has 0 radical (unpaired) electrons. The standard InChI is InChI=1S/C21H24N2O6S/c1-22-30(26,27)18-11-7-16(8-12-18)21(25)29-13-19(24)23-20(14-3-4-14)15-5-9-17(28-2)10-6-15/h5-12,14,20,22H,3-4,13H2,1-2H3,(H,23,24). The zero-order chi connectivity index (χ0) is 21.7. The van der Waals surface area contributed by atoms with Crippen molar-refractivity contribution in [3.63, 3.8) is 0 Å². The molecule has 0 saturated heterocycles. The van der Waals surface area contributed by atoms with E-state index in [1.807, 2.05) is 24.3 Å². The van der Waals surface area contributed by atoms with E-state index in [1.54, 1.807) is 7.11 Å². The quantitative estimate of drug-likeness (QED) is 0.587. The van der Waals surface area contributed by atoms with E-state index in [0.29, 0.717) is 5.92 Å². The van der Waals surface area contributed by atoms with Crippen LogP contribution in [0.3, 0.4) is 0 Å². The summed E-state index contributed by atoms with van der Waals surface area (Å²) in [7, 11) is -0.691. The van der Waals surface area contributed by atoms with Gasteiger partial charge < -0.3 is 14.8 Å². The van der Waals surface area contributed by atoms with Crippen LogP contribution < -0.4 is 14.8 Å². The number of benzene rings is 2. The molecule has 0 heterocycles. The molecule has 160 valence electrons. The van der Waals surface area contributed by atoms with Gasteiger partial charge in [-0.2, -0.15) is 0 Å². The van der Waals surface area contributed by atoms with Gasteiger partial charge >= 0.3 is 5.97 Å². The largest absolute Gasteiger partial charge is 0.497 e. The summed E-state index contributed by atoms with van der Waals surface area (Å²) in [5.74, 6) is -0.00164. The summed E-state index contributed by atoms with van der Waals surface area (Å²) in [4.78, 5) is 24.5. The van der Waals surface area contributed by atoms with Crippen LogP contribution in [0.2, 0.25) is 0 Å². The lowest BCUT2D eigenvalue weighted by atomic mass is 10.0. The van der Waals surface area contributed by atoms with Crippen LogP contribution in [0.5, 0.6) is 5.75 Å². The predicted molar refractivity (Wildman–Crippen MR) is 110 cm³/mol. The molecule has 1 unspecified atom stereocenters. The van der Waals surface area contributed by atoms with Crippen molar-refractivity contribution in [3.8, 4) is 5.75 Å². The molecule has 1 aliphatic rings. The lowest BCUT2D eigenvalue weighted by Crippen LogP contribution is -2.33. The van der Waals surface area contributed by atoms with Crippen LogP contribution in [0.1, 0.15) is 34.8 Å². The Bertz CT molecular complexity index is 999. The molecule has 8 nitrogen and oxygen atoms in total. The third kappa shape index (κ3) is 5.37. The third-order valence-electron chi connectivity index (χ3n) is 4.89. The van der Waals surface area contributed by atoms with Gasteiger partial charge in [0.15, 0.2) is 6.61 Å². The topological polar surface area (TPSA) is 111 Å². The van der Waals surface area contributed by atoms with Crippen LogP contribution in [0.4, 0.5) is 0 Å². The summed E-state index contributed by atoms with van der Waals surface area (Å²) in [6.07, 6.45) is 2.05. The fraction of sp³-hybridized carbons (Fsp3) is 0.333. The molecule has 1 fully saturated rings. The fourth-order valence-electron chi connectivity index (χ4n) is 3.03. The van der Waals surface area contributed by atoms with Crippen molar-refractivity contribution in [2.75, 3.05) is 20.8 Å². The van der Waals surface area contributed by atoms with Gasteiger partial charge in [0, 0.05) is 0 Å². The zero-order valence-electron chi connectivity index (χ0n) is 16.8. The third-order valence-corrected chi connectivity index (χ3v) is 6.32. The monoisotopic (exact) mass is 432 g/mol. The van der Waals surface area contributed by atoms with E-state index in [4.69, 9.17) is 9.47 Å². The van der Waals surface area contributed by atoms with Crippen molar-refractivity contribution in [1.29, 1.82) is 0 Å². The zero-order valence-corrected chi connectivity index (χ0v) is 17.6. The average Bonchev–Trinajstić information content (AvgIpc) is 3.61. The number of methoxy groups -OCH3 is 1. The molecule has 9 heteroatoms.